The first-order valence-electron chi connectivity index (χ1n) is 10.9. The Hall–Kier alpha value is -3.30. The molecule has 174 valence electrons. The molecule has 1 amide bonds. The minimum atomic E-state index is -0.171. The van der Waals surface area contributed by atoms with Crippen molar-refractivity contribution in [2.45, 2.75) is 6.61 Å². The second-order valence-electron chi connectivity index (χ2n) is 7.78. The van der Waals surface area contributed by atoms with Gasteiger partial charge in [0.2, 0.25) is 0 Å². The van der Waals surface area contributed by atoms with Crippen LogP contribution in [0.4, 0.5) is 5.69 Å². The molecular formula is C28H21IN2O3S. The number of amidine groups is 1. The number of para-hydroxylation sites is 1. The van der Waals surface area contributed by atoms with Crippen molar-refractivity contribution in [2.75, 3.05) is 7.11 Å². The van der Waals surface area contributed by atoms with Gasteiger partial charge in [-0.2, -0.15) is 0 Å². The second-order valence-corrected chi connectivity index (χ2v) is 9.97. The Bertz CT molecular complexity index is 1460. The Labute approximate surface area is 221 Å². The van der Waals surface area contributed by atoms with Crippen LogP contribution in [-0.2, 0) is 11.4 Å². The fourth-order valence-electron chi connectivity index (χ4n) is 3.78. The second kappa shape index (κ2) is 10.5. The van der Waals surface area contributed by atoms with Crippen molar-refractivity contribution < 1.29 is 14.3 Å². The summed E-state index contributed by atoms with van der Waals surface area (Å²) in [5, 5.41) is 5.74. The van der Waals surface area contributed by atoms with Crippen molar-refractivity contribution in [3.8, 4) is 11.5 Å². The van der Waals surface area contributed by atoms with Crippen molar-refractivity contribution >= 4 is 68.0 Å². The molecule has 1 fully saturated rings. The normalized spacial score (nSPS) is 15.5. The van der Waals surface area contributed by atoms with E-state index >= 15 is 0 Å². The molecule has 1 heterocycles. The lowest BCUT2D eigenvalue weighted by Crippen LogP contribution is -2.19. The number of carbonyl (C=O) groups excluding carboxylic acids is 1. The number of rotatable bonds is 6. The standard InChI is InChI=1S/C28H21IN2O3S/c1-33-24-15-18(16-25-27(32)31-28(35-25)30-21-11-3-2-4-12-21)14-23(29)26(24)34-17-20-10-7-9-19-8-5-6-13-22(19)20/h2-16H,17H2,1H3,(H,30,31,32)/b25-16-. The number of thioether (sulfide) groups is 1. The molecule has 0 atom stereocenters. The Morgan fingerprint density at radius 1 is 1.00 bits per heavy atom. The van der Waals surface area contributed by atoms with E-state index in [2.05, 4.69) is 57.2 Å². The summed E-state index contributed by atoms with van der Waals surface area (Å²) in [7, 11) is 1.62. The van der Waals surface area contributed by atoms with E-state index in [1.54, 1.807) is 7.11 Å². The number of nitrogens with zero attached hydrogens (tertiary/aromatic N) is 1. The Kier molecular flexibility index (Phi) is 7.06. The predicted octanol–water partition coefficient (Wildman–Crippen LogP) is 6.92. The SMILES string of the molecule is COc1cc(/C=C2\SC(=Nc3ccccc3)NC2=O)cc(I)c1OCc1cccc2ccccc12. The lowest BCUT2D eigenvalue weighted by atomic mass is 10.1. The van der Waals surface area contributed by atoms with Crippen molar-refractivity contribution in [2.24, 2.45) is 4.99 Å². The maximum atomic E-state index is 12.5. The van der Waals surface area contributed by atoms with E-state index in [4.69, 9.17) is 9.47 Å². The highest BCUT2D eigenvalue weighted by Gasteiger charge is 2.24. The van der Waals surface area contributed by atoms with Crippen LogP contribution < -0.4 is 14.8 Å². The summed E-state index contributed by atoms with van der Waals surface area (Å²) in [5.74, 6) is 1.12. The maximum absolute atomic E-state index is 12.5. The molecule has 1 saturated heterocycles. The molecule has 0 aromatic heterocycles. The van der Waals surface area contributed by atoms with E-state index in [1.165, 1.54) is 22.5 Å². The number of aliphatic imine (C=N–C) groups is 1. The first kappa shape index (κ1) is 23.4. The monoisotopic (exact) mass is 592 g/mol. The van der Waals surface area contributed by atoms with Gasteiger partial charge < -0.3 is 14.8 Å². The molecule has 1 N–H and O–H groups in total. The fourth-order valence-corrected chi connectivity index (χ4v) is 5.41. The van der Waals surface area contributed by atoms with Gasteiger partial charge in [0.05, 0.1) is 21.3 Å². The summed E-state index contributed by atoms with van der Waals surface area (Å²) >= 11 is 3.56. The molecule has 0 bridgehead atoms. The molecule has 0 spiro atoms. The Morgan fingerprint density at radius 2 is 1.77 bits per heavy atom. The molecule has 4 aromatic carbocycles. The number of benzene rings is 4. The Balaban J connectivity index is 1.37. The van der Waals surface area contributed by atoms with Gasteiger partial charge in [-0.1, -0.05) is 60.7 Å². The minimum absolute atomic E-state index is 0.171. The molecule has 5 rings (SSSR count). The predicted molar refractivity (Wildman–Crippen MR) is 151 cm³/mol. The van der Waals surface area contributed by atoms with Crippen LogP contribution in [0.1, 0.15) is 11.1 Å². The lowest BCUT2D eigenvalue weighted by molar-refractivity contribution is -0.115. The highest BCUT2D eigenvalue weighted by Crippen LogP contribution is 2.37. The van der Waals surface area contributed by atoms with Gasteiger partial charge in [-0.05, 0) is 86.6 Å². The fraction of sp³-hybridized carbons (Fsp3) is 0.0714. The molecule has 0 aliphatic carbocycles. The largest absolute Gasteiger partial charge is 0.493 e. The number of fused-ring (bicyclic) bond motifs is 1. The van der Waals surface area contributed by atoms with Crippen LogP contribution in [0.5, 0.6) is 11.5 Å². The third kappa shape index (κ3) is 5.36. The number of ether oxygens (including phenoxy) is 2. The first-order valence-corrected chi connectivity index (χ1v) is 12.8. The summed E-state index contributed by atoms with van der Waals surface area (Å²) in [6, 6.07) is 27.9. The van der Waals surface area contributed by atoms with Crippen LogP contribution in [0, 0.1) is 3.57 Å². The van der Waals surface area contributed by atoms with Crippen LogP contribution in [0.25, 0.3) is 16.8 Å². The van der Waals surface area contributed by atoms with Crippen LogP contribution in [-0.4, -0.2) is 18.2 Å². The van der Waals surface area contributed by atoms with Crippen LogP contribution in [0.2, 0.25) is 0 Å². The van der Waals surface area contributed by atoms with E-state index < -0.39 is 0 Å². The topological polar surface area (TPSA) is 59.9 Å². The number of hydrogen-bond donors (Lipinski definition) is 1. The quantitative estimate of drug-likeness (QED) is 0.195. The van der Waals surface area contributed by atoms with Gasteiger partial charge in [-0.3, -0.25) is 4.79 Å². The zero-order valence-corrected chi connectivity index (χ0v) is 21.8. The zero-order chi connectivity index (χ0) is 24.2. The van der Waals surface area contributed by atoms with Gasteiger partial charge in [0, 0.05) is 0 Å². The molecule has 35 heavy (non-hydrogen) atoms. The number of methoxy groups -OCH3 is 1. The summed E-state index contributed by atoms with van der Waals surface area (Å²) in [6.45, 7) is 0.422. The van der Waals surface area contributed by atoms with Gasteiger partial charge >= 0.3 is 0 Å². The summed E-state index contributed by atoms with van der Waals surface area (Å²) in [5.41, 5.74) is 2.75. The molecular weight excluding hydrogens is 571 g/mol. The van der Waals surface area contributed by atoms with Crippen LogP contribution in [0.3, 0.4) is 0 Å². The van der Waals surface area contributed by atoms with E-state index in [0.717, 1.165) is 20.4 Å². The van der Waals surface area contributed by atoms with E-state index in [0.29, 0.717) is 28.2 Å². The molecule has 5 nitrogen and oxygen atoms in total. The van der Waals surface area contributed by atoms with Gasteiger partial charge in [-0.15, -0.1) is 0 Å². The van der Waals surface area contributed by atoms with E-state index in [1.807, 2.05) is 66.7 Å². The molecule has 1 aliphatic rings. The van der Waals surface area contributed by atoms with Crippen molar-refractivity contribution in [1.82, 2.24) is 5.32 Å². The molecule has 0 radical (unpaired) electrons. The van der Waals surface area contributed by atoms with Gasteiger partial charge in [0.1, 0.15) is 6.61 Å². The number of hydrogen-bond acceptors (Lipinski definition) is 5. The molecule has 7 heteroatoms. The van der Waals surface area contributed by atoms with Gasteiger partial charge in [0.15, 0.2) is 16.7 Å². The van der Waals surface area contributed by atoms with Crippen molar-refractivity contribution in [1.29, 1.82) is 0 Å². The number of carbonyl (C=O) groups is 1. The lowest BCUT2D eigenvalue weighted by Gasteiger charge is -2.15. The molecule has 4 aromatic rings. The summed E-state index contributed by atoms with van der Waals surface area (Å²) in [6.07, 6.45) is 1.84. The molecule has 1 aliphatic heterocycles. The highest BCUT2D eigenvalue weighted by molar-refractivity contribution is 14.1. The van der Waals surface area contributed by atoms with Gasteiger partial charge in [-0.25, -0.2) is 4.99 Å². The van der Waals surface area contributed by atoms with Crippen molar-refractivity contribution in [3.05, 3.63) is 105 Å². The van der Waals surface area contributed by atoms with E-state index in [-0.39, 0.29) is 5.91 Å². The average molecular weight is 592 g/mol. The third-order valence-electron chi connectivity index (χ3n) is 5.44. The molecule has 0 unspecified atom stereocenters. The minimum Gasteiger partial charge on any atom is -0.493 e. The Morgan fingerprint density at radius 3 is 2.60 bits per heavy atom. The molecule has 0 saturated carbocycles. The average Bonchev–Trinajstić information content (AvgIpc) is 3.21. The van der Waals surface area contributed by atoms with Crippen LogP contribution in [0.15, 0.2) is 94.8 Å². The smallest absolute Gasteiger partial charge is 0.264 e. The number of amides is 1. The van der Waals surface area contributed by atoms with Crippen molar-refractivity contribution in [3.63, 3.8) is 0 Å². The van der Waals surface area contributed by atoms with Gasteiger partial charge in [0.25, 0.3) is 5.91 Å². The van der Waals surface area contributed by atoms with Crippen LogP contribution >= 0.6 is 34.4 Å². The first-order chi connectivity index (χ1) is 17.1. The van der Waals surface area contributed by atoms with E-state index in [9.17, 15) is 4.79 Å². The zero-order valence-electron chi connectivity index (χ0n) is 18.8. The third-order valence-corrected chi connectivity index (χ3v) is 7.15. The number of halogens is 1. The number of nitrogens with one attached hydrogen (secondary N) is 1. The maximum Gasteiger partial charge on any atom is 0.264 e. The highest BCUT2D eigenvalue weighted by atomic mass is 127. The summed E-state index contributed by atoms with van der Waals surface area (Å²) < 4.78 is 12.8. The summed E-state index contributed by atoms with van der Waals surface area (Å²) in [4.78, 5) is 17.6.